The molecule has 0 N–H and O–H groups in total. The van der Waals surface area contributed by atoms with E-state index in [1.807, 2.05) is 0 Å². The smallest absolute Gasteiger partial charge is 0.166 e. The van der Waals surface area contributed by atoms with Crippen LogP contribution in [0.5, 0.6) is 0 Å². The lowest BCUT2D eigenvalue weighted by molar-refractivity contribution is -0.137. The van der Waals surface area contributed by atoms with Gasteiger partial charge in [0.25, 0.3) is 0 Å². The molecule has 1 aromatic rings. The van der Waals surface area contributed by atoms with Crippen molar-refractivity contribution < 1.29 is 13.2 Å². The summed E-state index contributed by atoms with van der Waals surface area (Å²) in [5.41, 5.74) is 0.780. The van der Waals surface area contributed by atoms with Crippen LogP contribution in [-0.4, -0.2) is 5.88 Å². The monoisotopic (exact) mass is 248 g/mol. The van der Waals surface area contributed by atoms with Crippen molar-refractivity contribution in [3.63, 3.8) is 0 Å². The van der Waals surface area contributed by atoms with Crippen molar-refractivity contribution in [3.8, 4) is 0 Å². The molecule has 0 heterocycles. The molecule has 0 amide bonds. The Bertz CT molecular complexity index is 380. The lowest BCUT2D eigenvalue weighted by Gasteiger charge is -2.09. The van der Waals surface area contributed by atoms with Crippen molar-refractivity contribution in [1.82, 2.24) is 0 Å². The highest BCUT2D eigenvalue weighted by molar-refractivity contribution is 6.17. The van der Waals surface area contributed by atoms with E-state index in [1.54, 1.807) is 19.1 Å². The summed E-state index contributed by atoms with van der Waals surface area (Å²) in [6.07, 6.45) is -0.192. The molecule has 0 radical (unpaired) electrons. The Morgan fingerprint density at radius 3 is 2.56 bits per heavy atom. The Morgan fingerprint density at radius 1 is 1.31 bits per heavy atom. The minimum atomic E-state index is -4.29. The molecule has 0 aliphatic rings. The maximum atomic E-state index is 12.4. The van der Waals surface area contributed by atoms with E-state index in [1.165, 1.54) is 6.07 Å². The molecule has 0 unspecified atom stereocenters. The van der Waals surface area contributed by atoms with E-state index < -0.39 is 11.7 Å². The van der Waals surface area contributed by atoms with Crippen LogP contribution in [0.2, 0.25) is 0 Å². The highest BCUT2D eigenvalue weighted by atomic mass is 35.5. The fraction of sp³-hybridized carbons (Fsp3) is 0.333. The maximum absolute atomic E-state index is 12.4. The first-order valence-electron chi connectivity index (χ1n) is 4.85. The van der Waals surface area contributed by atoms with Gasteiger partial charge in [0.1, 0.15) is 0 Å². The molecule has 0 saturated heterocycles. The molecule has 0 aliphatic heterocycles. The number of benzene rings is 1. The predicted octanol–water partition coefficient (Wildman–Crippen LogP) is 4.66. The highest BCUT2D eigenvalue weighted by Gasteiger charge is 2.30. The highest BCUT2D eigenvalue weighted by Crippen LogP contribution is 2.30. The van der Waals surface area contributed by atoms with E-state index >= 15 is 0 Å². The van der Waals surface area contributed by atoms with Gasteiger partial charge >= 0.3 is 6.18 Å². The summed E-state index contributed by atoms with van der Waals surface area (Å²) in [6, 6.07) is 3.72. The Kier molecular flexibility index (Phi) is 4.42. The predicted molar refractivity (Wildman–Crippen MR) is 60.6 cm³/mol. The molecule has 88 valence electrons. The minimum Gasteiger partial charge on any atom is -0.166 e. The zero-order chi connectivity index (χ0) is 12.2. The fourth-order valence-corrected chi connectivity index (χ4v) is 1.40. The number of hydrogen-bond acceptors (Lipinski definition) is 0. The first-order valence-corrected chi connectivity index (χ1v) is 5.39. The van der Waals surface area contributed by atoms with Gasteiger partial charge in [-0.2, -0.15) is 13.2 Å². The van der Waals surface area contributed by atoms with E-state index in [-0.39, 0.29) is 0 Å². The first kappa shape index (κ1) is 13.1. The summed E-state index contributed by atoms with van der Waals surface area (Å²) in [6.45, 7) is 1.78. The maximum Gasteiger partial charge on any atom is 0.416 e. The molecule has 0 atom stereocenters. The van der Waals surface area contributed by atoms with Crippen LogP contribution in [-0.2, 0) is 6.18 Å². The van der Waals surface area contributed by atoms with E-state index in [0.29, 0.717) is 17.9 Å². The van der Waals surface area contributed by atoms with Crippen molar-refractivity contribution in [1.29, 1.82) is 0 Å². The number of halogens is 4. The largest absolute Gasteiger partial charge is 0.416 e. The van der Waals surface area contributed by atoms with Gasteiger partial charge in [0.15, 0.2) is 0 Å². The third kappa shape index (κ3) is 3.56. The second-order valence-electron chi connectivity index (χ2n) is 3.45. The van der Waals surface area contributed by atoms with Crippen LogP contribution in [0.15, 0.2) is 24.3 Å². The van der Waals surface area contributed by atoms with Gasteiger partial charge in [0.05, 0.1) is 5.56 Å². The SMILES string of the molecule is Cc1ccc(C(F)(F)F)cc1C=CCCCl. The summed E-state index contributed by atoms with van der Waals surface area (Å²) in [5.74, 6) is 0.467. The van der Waals surface area contributed by atoms with Gasteiger partial charge in [-0.05, 0) is 36.6 Å². The van der Waals surface area contributed by atoms with Gasteiger partial charge in [-0.15, -0.1) is 11.6 Å². The second kappa shape index (κ2) is 5.39. The lowest BCUT2D eigenvalue weighted by atomic mass is 10.0. The van der Waals surface area contributed by atoms with Gasteiger partial charge in [-0.3, -0.25) is 0 Å². The molecule has 0 saturated carbocycles. The summed E-state index contributed by atoms with van der Waals surface area (Å²) in [5, 5.41) is 0. The van der Waals surface area contributed by atoms with Gasteiger partial charge in [-0.1, -0.05) is 18.2 Å². The summed E-state index contributed by atoms with van der Waals surface area (Å²) < 4.78 is 37.3. The van der Waals surface area contributed by atoms with Gasteiger partial charge in [0.2, 0.25) is 0 Å². The number of rotatable bonds is 3. The molecular weight excluding hydrogens is 237 g/mol. The van der Waals surface area contributed by atoms with Gasteiger partial charge < -0.3 is 0 Å². The average Bonchev–Trinajstić information content (AvgIpc) is 2.19. The molecule has 16 heavy (non-hydrogen) atoms. The normalized spacial score (nSPS) is 12.3. The molecule has 1 aromatic carbocycles. The molecule has 1 rings (SSSR count). The molecule has 0 aliphatic carbocycles. The first-order chi connectivity index (χ1) is 7.45. The molecule has 0 spiro atoms. The average molecular weight is 249 g/mol. The second-order valence-corrected chi connectivity index (χ2v) is 3.83. The minimum absolute atomic E-state index is 0.467. The lowest BCUT2D eigenvalue weighted by Crippen LogP contribution is -2.05. The molecule has 4 heteroatoms. The van der Waals surface area contributed by atoms with E-state index in [9.17, 15) is 13.2 Å². The zero-order valence-corrected chi connectivity index (χ0v) is 9.57. The van der Waals surface area contributed by atoms with Gasteiger partial charge in [0, 0.05) is 5.88 Å². The third-order valence-electron chi connectivity index (χ3n) is 2.18. The Hall–Kier alpha value is -0.960. The summed E-state index contributed by atoms with van der Waals surface area (Å²) in [4.78, 5) is 0. The van der Waals surface area contributed by atoms with Crippen LogP contribution in [0, 0.1) is 6.92 Å². The standard InChI is InChI=1S/C12H12ClF3/c1-9-5-6-11(12(14,15)16)8-10(9)4-2-3-7-13/h2,4-6,8H,3,7H2,1H3. The number of alkyl halides is 4. The van der Waals surface area contributed by atoms with E-state index in [2.05, 4.69) is 0 Å². The topological polar surface area (TPSA) is 0 Å². The van der Waals surface area contributed by atoms with Crippen molar-refractivity contribution in [3.05, 3.63) is 41.0 Å². The van der Waals surface area contributed by atoms with Crippen molar-refractivity contribution in [2.45, 2.75) is 19.5 Å². The molecule has 0 bridgehead atoms. The van der Waals surface area contributed by atoms with Crippen LogP contribution in [0.1, 0.15) is 23.1 Å². The fourth-order valence-electron chi connectivity index (χ4n) is 1.27. The van der Waals surface area contributed by atoms with E-state index in [4.69, 9.17) is 11.6 Å². The molecular formula is C12H12ClF3. The number of aryl methyl sites for hydroxylation is 1. The van der Waals surface area contributed by atoms with Crippen molar-refractivity contribution >= 4 is 17.7 Å². The molecule has 0 nitrogen and oxygen atoms in total. The Labute approximate surface area is 97.7 Å². The zero-order valence-electron chi connectivity index (χ0n) is 8.81. The summed E-state index contributed by atoms with van der Waals surface area (Å²) in [7, 11) is 0. The van der Waals surface area contributed by atoms with Crippen LogP contribution >= 0.6 is 11.6 Å². The van der Waals surface area contributed by atoms with Crippen LogP contribution in [0.4, 0.5) is 13.2 Å². The quantitative estimate of drug-likeness (QED) is 0.683. The van der Waals surface area contributed by atoms with E-state index in [0.717, 1.165) is 17.7 Å². The van der Waals surface area contributed by atoms with Gasteiger partial charge in [-0.25, -0.2) is 0 Å². The van der Waals surface area contributed by atoms with Crippen molar-refractivity contribution in [2.75, 3.05) is 5.88 Å². The van der Waals surface area contributed by atoms with Crippen molar-refractivity contribution in [2.24, 2.45) is 0 Å². The number of hydrogen-bond donors (Lipinski definition) is 0. The third-order valence-corrected chi connectivity index (χ3v) is 2.40. The molecule has 0 fully saturated rings. The number of allylic oxidation sites excluding steroid dienone is 1. The Balaban J connectivity index is 3.00. The van der Waals surface area contributed by atoms with Crippen LogP contribution in [0.25, 0.3) is 6.08 Å². The molecule has 0 aromatic heterocycles. The summed E-state index contributed by atoms with van der Waals surface area (Å²) >= 11 is 5.48. The van der Waals surface area contributed by atoms with Crippen LogP contribution < -0.4 is 0 Å². The van der Waals surface area contributed by atoms with Crippen LogP contribution in [0.3, 0.4) is 0 Å². The Morgan fingerprint density at radius 2 is 2.00 bits per heavy atom.